The number of nitriles is 1. The molecule has 0 bridgehead atoms. The Hall–Kier alpha value is -1.40. The van der Waals surface area contributed by atoms with E-state index in [-0.39, 0.29) is 11.4 Å². The summed E-state index contributed by atoms with van der Waals surface area (Å²) in [6.07, 6.45) is 3.04. The van der Waals surface area contributed by atoms with Crippen LogP contribution in [0.15, 0.2) is 18.2 Å². The monoisotopic (exact) mass is 248 g/mol. The first-order valence-electron chi connectivity index (χ1n) is 6.54. The van der Waals surface area contributed by atoms with Crippen molar-refractivity contribution in [3.63, 3.8) is 0 Å². The topological polar surface area (TPSA) is 35.8 Å². The van der Waals surface area contributed by atoms with Crippen molar-refractivity contribution < 1.29 is 4.39 Å². The molecule has 1 N–H and O–H groups in total. The Morgan fingerprint density at radius 3 is 2.33 bits per heavy atom. The van der Waals surface area contributed by atoms with Gasteiger partial charge in [-0.05, 0) is 37.5 Å². The van der Waals surface area contributed by atoms with Crippen molar-refractivity contribution in [3.05, 3.63) is 35.1 Å². The van der Waals surface area contributed by atoms with Crippen LogP contribution in [-0.4, -0.2) is 5.54 Å². The fourth-order valence-corrected chi connectivity index (χ4v) is 2.19. The first-order chi connectivity index (χ1) is 8.60. The summed E-state index contributed by atoms with van der Waals surface area (Å²) in [4.78, 5) is 0. The second-order valence-corrected chi connectivity index (χ2v) is 4.61. The van der Waals surface area contributed by atoms with Crippen molar-refractivity contribution in [2.45, 2.75) is 52.1 Å². The van der Waals surface area contributed by atoms with E-state index in [9.17, 15) is 4.39 Å². The normalized spacial score (nSPS) is 11.3. The zero-order chi connectivity index (χ0) is 13.6. The van der Waals surface area contributed by atoms with Crippen molar-refractivity contribution in [3.8, 4) is 6.07 Å². The van der Waals surface area contributed by atoms with Crippen molar-refractivity contribution in [2.24, 2.45) is 0 Å². The molecule has 0 aliphatic rings. The molecule has 0 unspecified atom stereocenters. The van der Waals surface area contributed by atoms with E-state index in [0.29, 0.717) is 17.7 Å². The lowest BCUT2D eigenvalue weighted by Crippen LogP contribution is -2.43. The predicted molar refractivity (Wildman–Crippen MR) is 71.6 cm³/mol. The van der Waals surface area contributed by atoms with Gasteiger partial charge in [0.1, 0.15) is 5.82 Å². The highest BCUT2D eigenvalue weighted by molar-refractivity contribution is 5.33. The van der Waals surface area contributed by atoms with E-state index in [1.54, 1.807) is 6.07 Å². The molecule has 0 aromatic heterocycles. The largest absolute Gasteiger partial charge is 0.307 e. The zero-order valence-electron chi connectivity index (χ0n) is 11.4. The highest BCUT2D eigenvalue weighted by Gasteiger charge is 2.23. The second-order valence-electron chi connectivity index (χ2n) is 4.61. The summed E-state index contributed by atoms with van der Waals surface area (Å²) in [5, 5.41) is 12.3. The number of halogens is 1. The van der Waals surface area contributed by atoms with Crippen LogP contribution in [0.3, 0.4) is 0 Å². The molecule has 0 aliphatic heterocycles. The summed E-state index contributed by atoms with van der Waals surface area (Å²) in [5.41, 5.74) is 1.13. The molecule has 0 heterocycles. The third-order valence-electron chi connectivity index (χ3n) is 3.86. The summed E-state index contributed by atoms with van der Waals surface area (Å²) < 4.78 is 13.6. The van der Waals surface area contributed by atoms with Crippen LogP contribution in [0.5, 0.6) is 0 Å². The Kier molecular flexibility index (Phi) is 5.30. The molecule has 0 spiro atoms. The molecule has 2 nitrogen and oxygen atoms in total. The van der Waals surface area contributed by atoms with Crippen LogP contribution in [0, 0.1) is 17.1 Å². The molecule has 1 aromatic carbocycles. The van der Waals surface area contributed by atoms with Gasteiger partial charge in [-0.3, -0.25) is 0 Å². The van der Waals surface area contributed by atoms with E-state index < -0.39 is 0 Å². The Bertz CT molecular complexity index is 422. The molecule has 0 aliphatic carbocycles. The van der Waals surface area contributed by atoms with E-state index in [0.717, 1.165) is 19.3 Å². The van der Waals surface area contributed by atoms with Crippen LogP contribution in [0.25, 0.3) is 0 Å². The van der Waals surface area contributed by atoms with Gasteiger partial charge in [0.2, 0.25) is 0 Å². The highest BCUT2D eigenvalue weighted by Crippen LogP contribution is 2.20. The molecule has 1 rings (SSSR count). The van der Waals surface area contributed by atoms with Gasteiger partial charge in [-0.1, -0.05) is 20.8 Å². The fraction of sp³-hybridized carbons (Fsp3) is 0.533. The van der Waals surface area contributed by atoms with Crippen molar-refractivity contribution in [2.75, 3.05) is 0 Å². The van der Waals surface area contributed by atoms with Crippen molar-refractivity contribution in [1.29, 1.82) is 5.26 Å². The maximum Gasteiger partial charge on any atom is 0.127 e. The lowest BCUT2D eigenvalue weighted by molar-refractivity contribution is 0.286. The summed E-state index contributed by atoms with van der Waals surface area (Å²) in [6.45, 7) is 6.89. The smallest absolute Gasteiger partial charge is 0.127 e. The standard InChI is InChI=1S/C15H21FN2/c1-4-15(5-2,6-3)18-11-13-9-12(10-17)7-8-14(13)16/h7-9,18H,4-6,11H2,1-3H3. The maximum atomic E-state index is 13.6. The average molecular weight is 248 g/mol. The minimum Gasteiger partial charge on any atom is -0.307 e. The number of hydrogen-bond acceptors (Lipinski definition) is 2. The number of benzene rings is 1. The van der Waals surface area contributed by atoms with Crippen LogP contribution < -0.4 is 5.32 Å². The molecular weight excluding hydrogens is 227 g/mol. The van der Waals surface area contributed by atoms with Crippen molar-refractivity contribution in [1.82, 2.24) is 5.32 Å². The Labute approximate surface area is 109 Å². The lowest BCUT2D eigenvalue weighted by atomic mass is 9.89. The van der Waals surface area contributed by atoms with Crippen LogP contribution >= 0.6 is 0 Å². The molecule has 0 radical (unpaired) electrons. The Balaban J connectivity index is 2.82. The first kappa shape index (κ1) is 14.7. The molecular formula is C15H21FN2. The average Bonchev–Trinajstić information content (AvgIpc) is 2.42. The van der Waals surface area contributed by atoms with E-state index >= 15 is 0 Å². The number of nitrogens with zero attached hydrogens (tertiary/aromatic N) is 1. The van der Waals surface area contributed by atoms with Gasteiger partial charge in [-0.2, -0.15) is 5.26 Å². The summed E-state index contributed by atoms with van der Waals surface area (Å²) in [7, 11) is 0. The third-order valence-corrected chi connectivity index (χ3v) is 3.86. The molecule has 0 amide bonds. The van der Waals surface area contributed by atoms with Gasteiger partial charge in [-0.25, -0.2) is 4.39 Å². The Morgan fingerprint density at radius 1 is 1.22 bits per heavy atom. The van der Waals surface area contributed by atoms with Gasteiger partial charge >= 0.3 is 0 Å². The highest BCUT2D eigenvalue weighted by atomic mass is 19.1. The van der Waals surface area contributed by atoms with Gasteiger partial charge in [0.15, 0.2) is 0 Å². The number of hydrogen-bond donors (Lipinski definition) is 1. The summed E-state index contributed by atoms with van der Waals surface area (Å²) in [5.74, 6) is -0.251. The molecule has 0 atom stereocenters. The maximum absolute atomic E-state index is 13.6. The number of rotatable bonds is 6. The van der Waals surface area contributed by atoms with Gasteiger partial charge in [0, 0.05) is 17.6 Å². The van der Waals surface area contributed by atoms with Gasteiger partial charge < -0.3 is 5.32 Å². The molecule has 0 saturated heterocycles. The van der Waals surface area contributed by atoms with E-state index in [2.05, 4.69) is 26.1 Å². The predicted octanol–water partition coefficient (Wildman–Crippen LogP) is 3.76. The molecule has 0 saturated carbocycles. The molecule has 3 heteroatoms. The van der Waals surface area contributed by atoms with E-state index in [1.807, 2.05) is 6.07 Å². The van der Waals surface area contributed by atoms with Crippen LogP contribution in [0.4, 0.5) is 4.39 Å². The van der Waals surface area contributed by atoms with Crippen LogP contribution in [0.1, 0.15) is 51.2 Å². The first-order valence-corrected chi connectivity index (χ1v) is 6.54. The third kappa shape index (κ3) is 3.30. The minimum absolute atomic E-state index is 0.0646. The lowest BCUT2D eigenvalue weighted by Gasteiger charge is -2.32. The van der Waals surface area contributed by atoms with Gasteiger partial charge in [0.05, 0.1) is 11.6 Å². The molecule has 0 fully saturated rings. The second kappa shape index (κ2) is 6.51. The summed E-state index contributed by atoms with van der Waals surface area (Å²) >= 11 is 0. The van der Waals surface area contributed by atoms with Gasteiger partial charge in [0.25, 0.3) is 0 Å². The quantitative estimate of drug-likeness (QED) is 0.832. The van der Waals surface area contributed by atoms with E-state index in [4.69, 9.17) is 5.26 Å². The minimum atomic E-state index is -0.251. The number of nitrogens with one attached hydrogen (secondary N) is 1. The SMILES string of the molecule is CCC(CC)(CC)NCc1cc(C#N)ccc1F. The van der Waals surface area contributed by atoms with Crippen molar-refractivity contribution >= 4 is 0 Å². The molecule has 98 valence electrons. The van der Waals surface area contributed by atoms with E-state index in [1.165, 1.54) is 12.1 Å². The zero-order valence-corrected chi connectivity index (χ0v) is 11.4. The van der Waals surface area contributed by atoms with Crippen LogP contribution in [0.2, 0.25) is 0 Å². The molecule has 18 heavy (non-hydrogen) atoms. The fourth-order valence-electron chi connectivity index (χ4n) is 2.19. The van der Waals surface area contributed by atoms with Crippen LogP contribution in [-0.2, 0) is 6.54 Å². The molecule has 1 aromatic rings. The van der Waals surface area contributed by atoms with Gasteiger partial charge in [-0.15, -0.1) is 0 Å². The Morgan fingerprint density at radius 2 is 1.83 bits per heavy atom. The summed E-state index contributed by atoms with van der Waals surface area (Å²) in [6, 6.07) is 6.53.